The summed E-state index contributed by atoms with van der Waals surface area (Å²) in [5.74, 6) is 1.08. The van der Waals surface area contributed by atoms with Crippen molar-refractivity contribution in [3.63, 3.8) is 0 Å². The molecule has 118 valence electrons. The number of ether oxygens (including phenoxy) is 2. The highest BCUT2D eigenvalue weighted by Crippen LogP contribution is 2.38. The van der Waals surface area contributed by atoms with Gasteiger partial charge in [-0.1, -0.05) is 28.1 Å². The van der Waals surface area contributed by atoms with Crippen molar-refractivity contribution in [3.8, 4) is 11.5 Å². The highest BCUT2D eigenvalue weighted by Gasteiger charge is 2.15. The van der Waals surface area contributed by atoms with E-state index in [1.165, 1.54) is 6.08 Å². The van der Waals surface area contributed by atoms with Gasteiger partial charge in [0.05, 0.1) is 5.69 Å². The summed E-state index contributed by atoms with van der Waals surface area (Å²) < 4.78 is 12.7. The zero-order valence-corrected chi connectivity index (χ0v) is 15.2. The van der Waals surface area contributed by atoms with E-state index >= 15 is 0 Å². The van der Waals surface area contributed by atoms with Gasteiger partial charge < -0.3 is 14.8 Å². The quantitative estimate of drug-likeness (QED) is 0.710. The summed E-state index contributed by atoms with van der Waals surface area (Å²) in [6.07, 6.45) is 3.25. The van der Waals surface area contributed by atoms with Crippen LogP contribution < -0.4 is 14.8 Å². The van der Waals surface area contributed by atoms with E-state index in [0.29, 0.717) is 30.4 Å². The van der Waals surface area contributed by atoms with Crippen molar-refractivity contribution < 1.29 is 14.3 Å². The van der Waals surface area contributed by atoms with Crippen LogP contribution in [0.3, 0.4) is 0 Å². The van der Waals surface area contributed by atoms with Crippen LogP contribution in [0.5, 0.6) is 11.5 Å². The predicted molar refractivity (Wildman–Crippen MR) is 96.9 cm³/mol. The molecule has 0 aromatic heterocycles. The molecule has 0 bridgehead atoms. The standard InChI is InChI=1S/C17H13Br2NO3/c18-12-3-1-2-11(8-12)4-5-17(21)20-14-10-16-15(9-13(14)19)22-6-7-23-16/h1-5,8-10H,6-7H2,(H,20,21)/b5-4+. The van der Waals surface area contributed by atoms with Crippen molar-refractivity contribution in [3.05, 3.63) is 57.0 Å². The van der Waals surface area contributed by atoms with Gasteiger partial charge in [-0.15, -0.1) is 0 Å². The lowest BCUT2D eigenvalue weighted by Gasteiger charge is -2.19. The average Bonchev–Trinajstić information content (AvgIpc) is 2.54. The van der Waals surface area contributed by atoms with Gasteiger partial charge in [0.2, 0.25) is 5.91 Å². The molecule has 0 saturated carbocycles. The number of halogens is 2. The Morgan fingerprint density at radius 3 is 2.57 bits per heavy atom. The second-order valence-corrected chi connectivity index (χ2v) is 6.62. The Balaban J connectivity index is 1.72. The molecule has 2 aromatic rings. The summed E-state index contributed by atoms with van der Waals surface area (Å²) >= 11 is 6.83. The normalized spacial score (nSPS) is 13.1. The van der Waals surface area contributed by atoms with Gasteiger partial charge >= 0.3 is 0 Å². The van der Waals surface area contributed by atoms with Crippen LogP contribution in [0, 0.1) is 0 Å². The second-order valence-electron chi connectivity index (χ2n) is 4.85. The lowest BCUT2D eigenvalue weighted by atomic mass is 10.2. The van der Waals surface area contributed by atoms with E-state index in [1.807, 2.05) is 24.3 Å². The first-order chi connectivity index (χ1) is 11.1. The molecule has 0 unspecified atom stereocenters. The molecule has 1 heterocycles. The van der Waals surface area contributed by atoms with Gasteiger partial charge in [-0.05, 0) is 39.7 Å². The molecule has 6 heteroatoms. The minimum Gasteiger partial charge on any atom is -0.486 e. The number of fused-ring (bicyclic) bond motifs is 1. The van der Waals surface area contributed by atoms with Gasteiger partial charge in [-0.2, -0.15) is 0 Å². The van der Waals surface area contributed by atoms with Gasteiger partial charge in [-0.25, -0.2) is 0 Å². The van der Waals surface area contributed by atoms with Gasteiger partial charge in [0, 0.05) is 27.2 Å². The second kappa shape index (κ2) is 7.19. The van der Waals surface area contributed by atoms with Crippen molar-refractivity contribution in [2.75, 3.05) is 18.5 Å². The minimum atomic E-state index is -0.220. The monoisotopic (exact) mass is 437 g/mol. The number of carbonyl (C=O) groups is 1. The average molecular weight is 439 g/mol. The number of hydrogen-bond donors (Lipinski definition) is 1. The molecule has 1 aliphatic rings. The lowest BCUT2D eigenvalue weighted by Crippen LogP contribution is -2.16. The fourth-order valence-electron chi connectivity index (χ4n) is 2.12. The Hall–Kier alpha value is -1.79. The summed E-state index contributed by atoms with van der Waals surface area (Å²) in [5.41, 5.74) is 1.58. The summed E-state index contributed by atoms with van der Waals surface area (Å²) in [7, 11) is 0. The van der Waals surface area contributed by atoms with Gasteiger partial charge in [-0.3, -0.25) is 4.79 Å². The number of benzene rings is 2. The largest absolute Gasteiger partial charge is 0.486 e. The van der Waals surface area contributed by atoms with Crippen molar-refractivity contribution in [2.24, 2.45) is 0 Å². The van der Waals surface area contributed by atoms with E-state index in [0.717, 1.165) is 14.5 Å². The topological polar surface area (TPSA) is 47.6 Å². The first kappa shape index (κ1) is 16.1. The molecule has 2 aromatic carbocycles. The first-order valence-electron chi connectivity index (χ1n) is 6.95. The van der Waals surface area contributed by atoms with Crippen LogP contribution in [-0.4, -0.2) is 19.1 Å². The van der Waals surface area contributed by atoms with E-state index in [4.69, 9.17) is 9.47 Å². The first-order valence-corrected chi connectivity index (χ1v) is 8.54. The molecule has 0 aliphatic carbocycles. The number of hydrogen-bond acceptors (Lipinski definition) is 3. The zero-order chi connectivity index (χ0) is 16.2. The Labute approximate surface area is 150 Å². The molecular weight excluding hydrogens is 426 g/mol. The van der Waals surface area contributed by atoms with Crippen LogP contribution >= 0.6 is 31.9 Å². The molecule has 1 aliphatic heterocycles. The molecule has 1 amide bonds. The number of nitrogens with one attached hydrogen (secondary N) is 1. The summed E-state index contributed by atoms with van der Waals surface area (Å²) in [5, 5.41) is 2.83. The zero-order valence-electron chi connectivity index (χ0n) is 12.0. The summed E-state index contributed by atoms with van der Waals surface area (Å²) in [6.45, 7) is 1.03. The molecule has 0 fully saturated rings. The number of amides is 1. The SMILES string of the molecule is O=C(/C=C/c1cccc(Br)c1)Nc1cc2c(cc1Br)OCCO2. The van der Waals surface area contributed by atoms with Crippen LogP contribution in [0.4, 0.5) is 5.69 Å². The number of carbonyl (C=O) groups excluding carboxylic acids is 1. The van der Waals surface area contributed by atoms with Gasteiger partial charge in [0.15, 0.2) is 11.5 Å². The third-order valence-corrected chi connectivity index (χ3v) is 4.31. The van der Waals surface area contributed by atoms with Crippen LogP contribution in [0.1, 0.15) is 5.56 Å². The maximum absolute atomic E-state index is 12.1. The fraction of sp³-hybridized carbons (Fsp3) is 0.118. The highest BCUT2D eigenvalue weighted by molar-refractivity contribution is 9.10. The Morgan fingerprint density at radius 2 is 1.83 bits per heavy atom. The lowest BCUT2D eigenvalue weighted by molar-refractivity contribution is -0.111. The Morgan fingerprint density at radius 1 is 1.09 bits per heavy atom. The van der Waals surface area contributed by atoms with Crippen molar-refractivity contribution >= 4 is 49.5 Å². The van der Waals surface area contributed by atoms with Crippen molar-refractivity contribution in [1.29, 1.82) is 0 Å². The van der Waals surface area contributed by atoms with Gasteiger partial charge in [0.25, 0.3) is 0 Å². The molecule has 1 N–H and O–H groups in total. The predicted octanol–water partition coefficient (Wildman–Crippen LogP) is 4.63. The molecule has 0 radical (unpaired) electrons. The molecular formula is C17H13Br2NO3. The van der Waals surface area contributed by atoms with E-state index in [1.54, 1.807) is 18.2 Å². The smallest absolute Gasteiger partial charge is 0.248 e. The molecule has 0 atom stereocenters. The van der Waals surface area contributed by atoms with Crippen molar-refractivity contribution in [2.45, 2.75) is 0 Å². The Kier molecular flexibility index (Phi) is 5.03. The minimum absolute atomic E-state index is 0.220. The number of rotatable bonds is 3. The summed E-state index contributed by atoms with van der Waals surface area (Å²) in [4.78, 5) is 12.1. The van der Waals surface area contributed by atoms with E-state index in [2.05, 4.69) is 37.2 Å². The van der Waals surface area contributed by atoms with Crippen LogP contribution in [0.2, 0.25) is 0 Å². The summed E-state index contributed by atoms with van der Waals surface area (Å²) in [6, 6.07) is 11.3. The fourth-order valence-corrected chi connectivity index (χ4v) is 2.95. The third kappa shape index (κ3) is 4.14. The van der Waals surface area contributed by atoms with Gasteiger partial charge in [0.1, 0.15) is 13.2 Å². The maximum Gasteiger partial charge on any atom is 0.248 e. The molecule has 23 heavy (non-hydrogen) atoms. The van der Waals surface area contributed by atoms with Crippen LogP contribution in [-0.2, 0) is 4.79 Å². The highest BCUT2D eigenvalue weighted by atomic mass is 79.9. The van der Waals surface area contributed by atoms with E-state index < -0.39 is 0 Å². The maximum atomic E-state index is 12.1. The molecule has 0 spiro atoms. The van der Waals surface area contributed by atoms with Crippen LogP contribution in [0.15, 0.2) is 51.4 Å². The van der Waals surface area contributed by atoms with E-state index in [9.17, 15) is 4.79 Å². The number of anilines is 1. The molecule has 3 rings (SSSR count). The van der Waals surface area contributed by atoms with Crippen molar-refractivity contribution in [1.82, 2.24) is 0 Å². The third-order valence-electron chi connectivity index (χ3n) is 3.17. The Bertz CT molecular complexity index is 774. The van der Waals surface area contributed by atoms with Crippen LogP contribution in [0.25, 0.3) is 6.08 Å². The molecule has 4 nitrogen and oxygen atoms in total. The van der Waals surface area contributed by atoms with E-state index in [-0.39, 0.29) is 5.91 Å². The molecule has 0 saturated heterocycles.